The van der Waals surface area contributed by atoms with Gasteiger partial charge in [0.2, 0.25) is 0 Å². The van der Waals surface area contributed by atoms with Crippen LogP contribution < -0.4 is 5.32 Å². The van der Waals surface area contributed by atoms with Gasteiger partial charge in [-0.05, 0) is 31.7 Å². The molecule has 84 valence electrons. The second-order valence-electron chi connectivity index (χ2n) is 3.84. The van der Waals surface area contributed by atoms with Crippen LogP contribution in [0.5, 0.6) is 0 Å². The van der Waals surface area contributed by atoms with Crippen molar-refractivity contribution in [3.8, 4) is 0 Å². The van der Waals surface area contributed by atoms with E-state index in [1.54, 1.807) is 0 Å². The molecule has 0 aliphatic heterocycles. The first-order chi connectivity index (χ1) is 7.26. The summed E-state index contributed by atoms with van der Waals surface area (Å²) in [5, 5.41) is 3.38. The van der Waals surface area contributed by atoms with Crippen LogP contribution in [0.4, 0.5) is 0 Å². The van der Waals surface area contributed by atoms with Gasteiger partial charge in [-0.15, -0.1) is 0 Å². The van der Waals surface area contributed by atoms with E-state index < -0.39 is 0 Å². The molecule has 1 nitrogen and oxygen atoms in total. The van der Waals surface area contributed by atoms with Crippen molar-refractivity contribution in [2.24, 2.45) is 0 Å². The van der Waals surface area contributed by atoms with Crippen LogP contribution >= 0.6 is 11.8 Å². The molecular formula is C13H21NS. The number of benzene rings is 1. The largest absolute Gasteiger partial charge is 0.316 e. The smallest absolute Gasteiger partial charge is 0.0195 e. The molecule has 1 rings (SSSR count). The van der Waals surface area contributed by atoms with Crippen molar-refractivity contribution in [1.82, 2.24) is 5.32 Å². The lowest BCUT2D eigenvalue weighted by atomic mass is 10.1. The molecule has 1 unspecified atom stereocenters. The van der Waals surface area contributed by atoms with Crippen LogP contribution in [0.15, 0.2) is 24.3 Å². The van der Waals surface area contributed by atoms with Crippen LogP contribution in [0, 0.1) is 6.92 Å². The molecule has 0 aliphatic carbocycles. The predicted molar refractivity (Wildman–Crippen MR) is 70.7 cm³/mol. The Balaban J connectivity index is 2.50. The van der Waals surface area contributed by atoms with Crippen molar-refractivity contribution in [2.75, 3.05) is 18.6 Å². The number of aryl methyl sites for hydroxylation is 1. The molecule has 0 spiro atoms. The Morgan fingerprint density at radius 3 is 2.80 bits per heavy atom. The number of nitrogens with one attached hydrogen (secondary N) is 1. The van der Waals surface area contributed by atoms with E-state index in [4.69, 9.17) is 0 Å². The van der Waals surface area contributed by atoms with E-state index in [1.807, 2.05) is 11.8 Å². The van der Waals surface area contributed by atoms with Crippen LogP contribution in [0.2, 0.25) is 0 Å². The Morgan fingerprint density at radius 1 is 1.40 bits per heavy atom. The minimum absolute atomic E-state index is 0.594. The molecule has 0 fully saturated rings. The van der Waals surface area contributed by atoms with Crippen LogP contribution in [-0.2, 0) is 6.42 Å². The summed E-state index contributed by atoms with van der Waals surface area (Å²) in [5.74, 6) is 2.40. The Labute approximate surface area is 97.7 Å². The molecule has 0 saturated heterocycles. The van der Waals surface area contributed by atoms with E-state index in [1.165, 1.54) is 22.6 Å². The molecular weight excluding hydrogens is 202 g/mol. The minimum atomic E-state index is 0.594. The van der Waals surface area contributed by atoms with E-state index in [9.17, 15) is 0 Å². The van der Waals surface area contributed by atoms with Crippen molar-refractivity contribution in [3.05, 3.63) is 35.4 Å². The molecule has 0 aliphatic rings. The molecule has 0 aromatic heterocycles. The van der Waals surface area contributed by atoms with Crippen molar-refractivity contribution >= 4 is 11.8 Å². The molecule has 0 radical (unpaired) electrons. The summed E-state index contributed by atoms with van der Waals surface area (Å²) in [6, 6.07) is 9.38. The van der Waals surface area contributed by atoms with Crippen molar-refractivity contribution in [2.45, 2.75) is 26.3 Å². The first kappa shape index (κ1) is 12.6. The predicted octanol–water partition coefficient (Wildman–Crippen LogP) is 2.88. The molecule has 0 bridgehead atoms. The highest BCUT2D eigenvalue weighted by Crippen LogP contribution is 2.10. The lowest BCUT2D eigenvalue weighted by Gasteiger charge is -2.15. The zero-order valence-electron chi connectivity index (χ0n) is 9.92. The molecule has 1 atom stereocenters. The molecule has 1 N–H and O–H groups in total. The second-order valence-corrected chi connectivity index (χ2v) is 5.16. The van der Waals surface area contributed by atoms with Crippen LogP contribution in [0.25, 0.3) is 0 Å². The number of likely N-dealkylation sites (N-methyl/N-ethyl adjacent to an activating group) is 1. The maximum atomic E-state index is 3.38. The second kappa shape index (κ2) is 6.91. The van der Waals surface area contributed by atoms with E-state index >= 15 is 0 Å². The van der Waals surface area contributed by atoms with Crippen LogP contribution in [0.3, 0.4) is 0 Å². The quantitative estimate of drug-likeness (QED) is 0.796. The van der Waals surface area contributed by atoms with Crippen molar-refractivity contribution in [1.29, 1.82) is 0 Å². The monoisotopic (exact) mass is 223 g/mol. The molecule has 0 saturated carbocycles. The van der Waals surface area contributed by atoms with E-state index in [-0.39, 0.29) is 0 Å². The molecule has 1 aromatic carbocycles. The molecule has 0 amide bonds. The van der Waals surface area contributed by atoms with Gasteiger partial charge in [0.1, 0.15) is 0 Å². The van der Waals surface area contributed by atoms with Gasteiger partial charge in [0, 0.05) is 11.8 Å². The summed E-state index contributed by atoms with van der Waals surface area (Å²) in [5.41, 5.74) is 2.79. The fourth-order valence-corrected chi connectivity index (χ4v) is 2.43. The van der Waals surface area contributed by atoms with Gasteiger partial charge in [-0.2, -0.15) is 11.8 Å². The molecule has 2 heteroatoms. The first-order valence-corrected chi connectivity index (χ1v) is 6.72. The number of hydrogen-bond donors (Lipinski definition) is 1. The van der Waals surface area contributed by atoms with Crippen molar-refractivity contribution < 1.29 is 0 Å². The SMILES string of the molecule is CCSCC(Cc1cccc(C)c1)NC. The summed E-state index contributed by atoms with van der Waals surface area (Å²) >= 11 is 2.00. The molecule has 0 heterocycles. The van der Waals surface area contributed by atoms with Gasteiger partial charge in [0.25, 0.3) is 0 Å². The summed E-state index contributed by atoms with van der Waals surface area (Å²) in [7, 11) is 2.05. The fourth-order valence-electron chi connectivity index (χ4n) is 1.63. The minimum Gasteiger partial charge on any atom is -0.316 e. The van der Waals surface area contributed by atoms with Crippen LogP contribution in [0.1, 0.15) is 18.1 Å². The lowest BCUT2D eigenvalue weighted by molar-refractivity contribution is 0.617. The average Bonchev–Trinajstić information content (AvgIpc) is 2.24. The number of thioether (sulfide) groups is 1. The average molecular weight is 223 g/mol. The summed E-state index contributed by atoms with van der Waals surface area (Å²) in [4.78, 5) is 0. The maximum absolute atomic E-state index is 3.38. The maximum Gasteiger partial charge on any atom is 0.0195 e. The Hall–Kier alpha value is -0.470. The molecule has 15 heavy (non-hydrogen) atoms. The molecule has 1 aromatic rings. The van der Waals surface area contributed by atoms with Gasteiger partial charge in [0.15, 0.2) is 0 Å². The van der Waals surface area contributed by atoms with E-state index in [0.717, 1.165) is 6.42 Å². The van der Waals surface area contributed by atoms with Crippen molar-refractivity contribution in [3.63, 3.8) is 0 Å². The standard InChI is InChI=1S/C13H21NS/c1-4-15-10-13(14-3)9-12-7-5-6-11(2)8-12/h5-8,13-14H,4,9-10H2,1-3H3. The zero-order valence-corrected chi connectivity index (χ0v) is 10.7. The lowest BCUT2D eigenvalue weighted by Crippen LogP contribution is -2.30. The van der Waals surface area contributed by atoms with Gasteiger partial charge >= 0.3 is 0 Å². The van der Waals surface area contributed by atoms with Gasteiger partial charge in [-0.25, -0.2) is 0 Å². The fraction of sp³-hybridized carbons (Fsp3) is 0.538. The third-order valence-corrected chi connectivity index (χ3v) is 3.54. The normalized spacial score (nSPS) is 12.7. The van der Waals surface area contributed by atoms with Gasteiger partial charge in [-0.3, -0.25) is 0 Å². The Kier molecular flexibility index (Phi) is 5.81. The Morgan fingerprint density at radius 2 is 2.20 bits per heavy atom. The van der Waals surface area contributed by atoms with E-state index in [0.29, 0.717) is 6.04 Å². The summed E-state index contributed by atoms with van der Waals surface area (Å²) < 4.78 is 0. The Bertz CT molecular complexity index is 286. The third-order valence-electron chi connectivity index (χ3n) is 2.50. The first-order valence-electron chi connectivity index (χ1n) is 5.56. The van der Waals surface area contributed by atoms with Gasteiger partial charge in [0.05, 0.1) is 0 Å². The van der Waals surface area contributed by atoms with Crippen LogP contribution in [-0.4, -0.2) is 24.6 Å². The summed E-state index contributed by atoms with van der Waals surface area (Å²) in [6.07, 6.45) is 1.13. The van der Waals surface area contributed by atoms with Gasteiger partial charge < -0.3 is 5.32 Å². The zero-order chi connectivity index (χ0) is 11.1. The number of hydrogen-bond acceptors (Lipinski definition) is 2. The highest BCUT2D eigenvalue weighted by molar-refractivity contribution is 7.99. The summed E-state index contributed by atoms with van der Waals surface area (Å²) in [6.45, 7) is 4.36. The van der Waals surface area contributed by atoms with E-state index in [2.05, 4.69) is 50.5 Å². The third kappa shape index (κ3) is 4.72. The van der Waals surface area contributed by atoms with Gasteiger partial charge in [-0.1, -0.05) is 36.8 Å². The topological polar surface area (TPSA) is 12.0 Å². The number of rotatable bonds is 6. The highest BCUT2D eigenvalue weighted by atomic mass is 32.2. The highest BCUT2D eigenvalue weighted by Gasteiger charge is 2.06.